The Labute approximate surface area is 151 Å². The lowest BCUT2D eigenvalue weighted by molar-refractivity contribution is 0.239. The lowest BCUT2D eigenvalue weighted by Gasteiger charge is -2.22. The number of aryl methyl sites for hydroxylation is 1. The Balaban J connectivity index is 0.00000151. The number of nitrogens with zero attached hydrogens (tertiary/aromatic N) is 2. The fourth-order valence-corrected chi connectivity index (χ4v) is 2.95. The second kappa shape index (κ2) is 12.5. The van der Waals surface area contributed by atoms with Gasteiger partial charge in [0.1, 0.15) is 6.61 Å². The number of aromatic nitrogens is 2. The summed E-state index contributed by atoms with van der Waals surface area (Å²) >= 11 is 0. The minimum atomic E-state index is -0.221. The Hall–Kier alpha value is -1.80. The van der Waals surface area contributed by atoms with Gasteiger partial charge in [-0.1, -0.05) is 57.8 Å². The van der Waals surface area contributed by atoms with Crippen LogP contribution in [0, 0.1) is 18.8 Å². The fourth-order valence-electron chi connectivity index (χ4n) is 2.95. The third-order valence-corrected chi connectivity index (χ3v) is 4.18. The second-order valence-corrected chi connectivity index (χ2v) is 5.99. The molecule has 1 heterocycles. The van der Waals surface area contributed by atoms with Crippen LogP contribution in [0.15, 0.2) is 11.0 Å². The van der Waals surface area contributed by atoms with E-state index in [-0.39, 0.29) is 18.3 Å². The van der Waals surface area contributed by atoms with Crippen LogP contribution in [0.1, 0.15) is 70.4 Å². The van der Waals surface area contributed by atoms with Crippen LogP contribution < -0.4 is 10.4 Å². The first-order chi connectivity index (χ1) is 12.2. The van der Waals surface area contributed by atoms with Gasteiger partial charge >= 0.3 is 5.69 Å². The van der Waals surface area contributed by atoms with Crippen LogP contribution in [-0.4, -0.2) is 29.9 Å². The van der Waals surface area contributed by atoms with E-state index in [1.54, 1.807) is 11.7 Å². The SMILES string of the molecule is CC.COCC#CCOc1nc(=O)n(C2CCCCCCC2)cc1C. The van der Waals surface area contributed by atoms with Crippen molar-refractivity contribution in [1.29, 1.82) is 0 Å². The van der Waals surface area contributed by atoms with Crippen molar-refractivity contribution in [2.24, 2.45) is 0 Å². The van der Waals surface area contributed by atoms with Crippen LogP contribution >= 0.6 is 0 Å². The standard InChI is InChI=1S/C18H26N2O3.C2H6/c1-15-14-20(16-10-6-4-3-5-7-11-16)18(21)19-17(15)23-13-9-8-12-22-2;1-2/h14,16H,3-7,10-13H2,1-2H3;1-2H3. The number of ether oxygens (including phenoxy) is 2. The molecule has 0 atom stereocenters. The molecule has 0 unspecified atom stereocenters. The van der Waals surface area contributed by atoms with Gasteiger partial charge in [-0.2, -0.15) is 4.98 Å². The average Bonchev–Trinajstić information content (AvgIpc) is 2.59. The summed E-state index contributed by atoms with van der Waals surface area (Å²) in [6, 6.07) is 0.268. The van der Waals surface area contributed by atoms with Crippen molar-refractivity contribution in [3.63, 3.8) is 0 Å². The van der Waals surface area contributed by atoms with Crippen molar-refractivity contribution < 1.29 is 9.47 Å². The summed E-state index contributed by atoms with van der Waals surface area (Å²) in [4.78, 5) is 16.4. The van der Waals surface area contributed by atoms with Crippen molar-refractivity contribution in [2.75, 3.05) is 20.3 Å². The monoisotopic (exact) mass is 348 g/mol. The summed E-state index contributed by atoms with van der Waals surface area (Å²) in [5.41, 5.74) is 0.654. The zero-order valence-electron chi connectivity index (χ0n) is 16.1. The summed E-state index contributed by atoms with van der Waals surface area (Å²) < 4.78 is 12.1. The maximum atomic E-state index is 12.3. The zero-order valence-corrected chi connectivity index (χ0v) is 16.1. The molecule has 0 spiro atoms. The van der Waals surface area contributed by atoms with Gasteiger partial charge in [0.05, 0.1) is 0 Å². The molecule has 1 aliphatic carbocycles. The Kier molecular flexibility index (Phi) is 10.7. The van der Waals surface area contributed by atoms with Gasteiger partial charge in [-0.15, -0.1) is 0 Å². The van der Waals surface area contributed by atoms with E-state index >= 15 is 0 Å². The van der Waals surface area contributed by atoms with Gasteiger partial charge < -0.3 is 9.47 Å². The summed E-state index contributed by atoms with van der Waals surface area (Å²) in [6.45, 7) is 6.51. The van der Waals surface area contributed by atoms with E-state index in [4.69, 9.17) is 9.47 Å². The number of hydrogen-bond donors (Lipinski definition) is 0. The molecule has 5 heteroatoms. The number of rotatable bonds is 4. The highest BCUT2D eigenvalue weighted by atomic mass is 16.5. The Morgan fingerprint density at radius 2 is 1.72 bits per heavy atom. The first-order valence-corrected chi connectivity index (χ1v) is 9.39. The first-order valence-electron chi connectivity index (χ1n) is 9.39. The third-order valence-electron chi connectivity index (χ3n) is 4.18. The van der Waals surface area contributed by atoms with Gasteiger partial charge in [0.15, 0.2) is 6.61 Å². The molecule has 0 aromatic carbocycles. The topological polar surface area (TPSA) is 53.4 Å². The van der Waals surface area contributed by atoms with Crippen molar-refractivity contribution >= 4 is 0 Å². The summed E-state index contributed by atoms with van der Waals surface area (Å²) in [5, 5.41) is 0. The van der Waals surface area contributed by atoms with Gasteiger partial charge in [-0.05, 0) is 19.8 Å². The molecular weight excluding hydrogens is 316 g/mol. The van der Waals surface area contributed by atoms with Gasteiger partial charge in [-0.25, -0.2) is 4.79 Å². The molecule has 1 aromatic heterocycles. The molecule has 1 aromatic rings. The Morgan fingerprint density at radius 1 is 1.12 bits per heavy atom. The molecule has 1 aliphatic rings. The molecule has 25 heavy (non-hydrogen) atoms. The maximum Gasteiger partial charge on any atom is 0.351 e. The van der Waals surface area contributed by atoms with Gasteiger partial charge in [0.2, 0.25) is 5.88 Å². The molecule has 0 aliphatic heterocycles. The molecule has 0 amide bonds. The van der Waals surface area contributed by atoms with E-state index in [0.29, 0.717) is 12.5 Å². The number of methoxy groups -OCH3 is 1. The van der Waals surface area contributed by atoms with Crippen LogP contribution in [0.4, 0.5) is 0 Å². The van der Waals surface area contributed by atoms with Crippen LogP contribution in [-0.2, 0) is 4.74 Å². The molecule has 5 nitrogen and oxygen atoms in total. The minimum absolute atomic E-state index is 0.212. The van der Waals surface area contributed by atoms with E-state index in [1.165, 1.54) is 32.1 Å². The molecule has 0 N–H and O–H groups in total. The van der Waals surface area contributed by atoms with Gasteiger partial charge in [0.25, 0.3) is 0 Å². The largest absolute Gasteiger partial charge is 0.464 e. The average molecular weight is 348 g/mol. The van der Waals surface area contributed by atoms with Crippen molar-refractivity contribution in [3.8, 4) is 17.7 Å². The van der Waals surface area contributed by atoms with Crippen LogP contribution in [0.2, 0.25) is 0 Å². The molecule has 1 saturated carbocycles. The highest BCUT2D eigenvalue weighted by molar-refractivity contribution is 5.21. The first kappa shape index (κ1) is 21.2. The van der Waals surface area contributed by atoms with Gasteiger partial charge in [0, 0.05) is 24.9 Å². The number of hydrogen-bond acceptors (Lipinski definition) is 4. The molecular formula is C20H32N2O3. The highest BCUT2D eigenvalue weighted by Crippen LogP contribution is 2.26. The highest BCUT2D eigenvalue weighted by Gasteiger charge is 2.16. The molecule has 0 saturated heterocycles. The second-order valence-electron chi connectivity index (χ2n) is 5.99. The van der Waals surface area contributed by atoms with E-state index in [2.05, 4.69) is 16.8 Å². The molecule has 140 valence electrons. The fraction of sp³-hybridized carbons (Fsp3) is 0.700. The van der Waals surface area contributed by atoms with Crippen LogP contribution in [0.3, 0.4) is 0 Å². The molecule has 0 radical (unpaired) electrons. The normalized spacial score (nSPS) is 15.0. The van der Waals surface area contributed by atoms with E-state index < -0.39 is 0 Å². The lowest BCUT2D eigenvalue weighted by Crippen LogP contribution is -2.28. The third kappa shape index (κ3) is 7.31. The van der Waals surface area contributed by atoms with Crippen molar-refractivity contribution in [2.45, 2.75) is 71.8 Å². The van der Waals surface area contributed by atoms with Crippen molar-refractivity contribution in [3.05, 3.63) is 22.2 Å². The van der Waals surface area contributed by atoms with E-state index in [9.17, 15) is 4.79 Å². The molecule has 2 rings (SSSR count). The Bertz CT molecular complexity index is 606. The smallest absolute Gasteiger partial charge is 0.351 e. The van der Waals surface area contributed by atoms with E-state index in [0.717, 1.165) is 18.4 Å². The predicted octanol–water partition coefficient (Wildman–Crippen LogP) is 3.89. The summed E-state index contributed by atoms with van der Waals surface area (Å²) in [7, 11) is 1.59. The predicted molar refractivity (Wildman–Crippen MR) is 101 cm³/mol. The van der Waals surface area contributed by atoms with Crippen molar-refractivity contribution in [1.82, 2.24) is 9.55 Å². The summed E-state index contributed by atoms with van der Waals surface area (Å²) in [6.07, 6.45) is 10.2. The maximum absolute atomic E-state index is 12.3. The molecule has 0 bridgehead atoms. The quantitative estimate of drug-likeness (QED) is 0.775. The summed E-state index contributed by atoms with van der Waals surface area (Å²) in [5.74, 6) is 6.01. The van der Waals surface area contributed by atoms with Crippen LogP contribution in [0.5, 0.6) is 5.88 Å². The minimum Gasteiger partial charge on any atom is -0.464 e. The molecule has 1 fully saturated rings. The van der Waals surface area contributed by atoms with E-state index in [1.807, 2.05) is 27.0 Å². The zero-order chi connectivity index (χ0) is 18.5. The van der Waals surface area contributed by atoms with Gasteiger partial charge in [-0.3, -0.25) is 4.57 Å². The van der Waals surface area contributed by atoms with Crippen LogP contribution in [0.25, 0.3) is 0 Å². The Morgan fingerprint density at radius 3 is 2.36 bits per heavy atom. The lowest BCUT2D eigenvalue weighted by atomic mass is 9.96.